The number of nitrogens with one attached hydrogen (secondary N) is 4. The zero-order valence-electron chi connectivity index (χ0n) is 46.9. The fourth-order valence-electron chi connectivity index (χ4n) is 11.6. The summed E-state index contributed by atoms with van der Waals surface area (Å²) in [5.74, 6) is 0.191. The number of fused-ring (bicyclic) bond motifs is 6. The van der Waals surface area contributed by atoms with E-state index in [4.69, 9.17) is 0 Å². The van der Waals surface area contributed by atoms with Crippen molar-refractivity contribution in [3.8, 4) is 0 Å². The Morgan fingerprint density at radius 1 is 0.532 bits per heavy atom. The SMILES string of the molecule is CC(=O)c1ccccc1CN(CC(=O)Nc1ccc2c(c1)CC1(C2)C(=O)Nc2ncccc21)C(=O)C(C)(C)C.CC(C)(C)C(=O)N(CC(=O)Nc1ccc2c(c1)CC1(C2)C(=O)Nc2ncccc21)Cc1ccccc1C(C)(C)C. The largest absolute Gasteiger partial charge is 0.329 e. The van der Waals surface area contributed by atoms with Gasteiger partial charge >= 0.3 is 0 Å². The lowest BCUT2D eigenvalue weighted by Crippen LogP contribution is -2.43. The molecule has 6 aromatic rings. The van der Waals surface area contributed by atoms with Crippen molar-refractivity contribution in [3.63, 3.8) is 0 Å². The van der Waals surface area contributed by atoms with Crippen LogP contribution < -0.4 is 21.3 Å². The van der Waals surface area contributed by atoms with Gasteiger partial charge in [-0.2, -0.15) is 0 Å². The first-order valence-corrected chi connectivity index (χ1v) is 26.9. The molecule has 408 valence electrons. The summed E-state index contributed by atoms with van der Waals surface area (Å²) in [6, 6.07) is 34.3. The van der Waals surface area contributed by atoms with Crippen molar-refractivity contribution in [3.05, 3.63) is 177 Å². The van der Waals surface area contributed by atoms with Crippen molar-refractivity contribution in [2.45, 2.75) is 124 Å². The number of hydrogen-bond acceptors (Lipinski definition) is 9. The highest BCUT2D eigenvalue weighted by Gasteiger charge is 2.52. The summed E-state index contributed by atoms with van der Waals surface area (Å²) in [5, 5.41) is 11.8. The monoisotopic (exact) mass is 1060 g/mol. The van der Waals surface area contributed by atoms with Crippen molar-refractivity contribution < 1.29 is 33.6 Å². The normalized spacial score (nSPS) is 17.6. The maximum Gasteiger partial charge on any atom is 0.244 e. The van der Waals surface area contributed by atoms with Crippen LogP contribution >= 0.6 is 0 Å². The third kappa shape index (κ3) is 11.3. The number of carbonyl (C=O) groups excluding carboxylic acids is 7. The van der Waals surface area contributed by atoms with Crippen LogP contribution in [-0.2, 0) is 83.8 Å². The molecule has 0 saturated carbocycles. The van der Waals surface area contributed by atoms with Crippen molar-refractivity contribution in [2.75, 3.05) is 34.4 Å². The lowest BCUT2D eigenvalue weighted by atomic mass is 9.79. The molecule has 2 aliphatic carbocycles. The summed E-state index contributed by atoms with van der Waals surface area (Å²) < 4.78 is 0. The van der Waals surface area contributed by atoms with Gasteiger partial charge in [-0.25, -0.2) is 9.97 Å². The number of carbonyl (C=O) groups is 7. The Morgan fingerprint density at radius 3 is 1.39 bits per heavy atom. The number of nitrogens with zero attached hydrogens (tertiary/aromatic N) is 4. The molecule has 15 nitrogen and oxygen atoms in total. The third-order valence-electron chi connectivity index (χ3n) is 15.4. The summed E-state index contributed by atoms with van der Waals surface area (Å²) in [6.07, 6.45) is 5.60. The van der Waals surface area contributed by atoms with E-state index >= 15 is 0 Å². The van der Waals surface area contributed by atoms with Crippen LogP contribution in [0, 0.1) is 10.8 Å². The van der Waals surface area contributed by atoms with E-state index in [2.05, 4.69) is 58.1 Å². The molecule has 6 amide bonds. The number of hydrogen-bond donors (Lipinski definition) is 4. The number of ketones is 1. The van der Waals surface area contributed by atoms with Gasteiger partial charge in [0.25, 0.3) is 0 Å². The molecular weight excluding hydrogens is 993 g/mol. The van der Waals surface area contributed by atoms with Crippen molar-refractivity contribution >= 4 is 64.2 Å². The van der Waals surface area contributed by atoms with Crippen LogP contribution in [0.15, 0.2) is 122 Å². The summed E-state index contributed by atoms with van der Waals surface area (Å²) in [4.78, 5) is 103. The molecule has 4 aromatic carbocycles. The fraction of sp³-hybridized carbons (Fsp3) is 0.359. The number of benzene rings is 4. The molecule has 0 radical (unpaired) electrons. The number of amides is 6. The molecule has 4 aliphatic rings. The third-order valence-corrected chi connectivity index (χ3v) is 15.4. The van der Waals surface area contributed by atoms with E-state index in [9.17, 15) is 33.6 Å². The van der Waals surface area contributed by atoms with E-state index < -0.39 is 21.7 Å². The van der Waals surface area contributed by atoms with Crippen LogP contribution in [0.2, 0.25) is 0 Å². The Balaban J connectivity index is 0.000000192. The highest BCUT2D eigenvalue weighted by Crippen LogP contribution is 2.48. The molecule has 0 saturated heterocycles. The number of aromatic nitrogens is 2. The number of Topliss-reactive ketones (excluding diaryl/α,β-unsaturated/α-hetero) is 1. The second kappa shape index (κ2) is 21.1. The first-order chi connectivity index (χ1) is 37.3. The molecular formula is C64H70N8O7. The van der Waals surface area contributed by atoms with Crippen molar-refractivity contribution in [2.24, 2.45) is 10.8 Å². The molecule has 4 N–H and O–H groups in total. The van der Waals surface area contributed by atoms with Crippen molar-refractivity contribution in [1.29, 1.82) is 0 Å². The zero-order valence-corrected chi connectivity index (χ0v) is 46.9. The van der Waals surface area contributed by atoms with Crippen LogP contribution in [0.25, 0.3) is 0 Å². The molecule has 2 aliphatic heterocycles. The molecule has 0 bridgehead atoms. The smallest absolute Gasteiger partial charge is 0.244 e. The standard InChI is InChI=1S/C33H38N4O3.C31H32N4O4/c1-31(2,3)25-11-8-7-10-22(25)19-37(30(40)32(4,5)6)20-27(38)35-24-14-13-21-17-33(18-23(21)16-24)26-12-9-15-34-28(26)36-29(33)39;1-19(36)24-9-6-5-8-21(24)17-35(29(39)30(2,3)4)18-26(37)33-23-12-11-20-15-31(16-22(20)14-23)25-10-7-13-32-27(25)34-28(31)38/h7-16H,17-20H2,1-6H3,(H,35,38)(H,34,36,39);5-14H,15-18H2,1-4H3,(H,33,37)(H,32,34,38). The maximum absolute atomic E-state index is 13.4. The van der Waals surface area contributed by atoms with Gasteiger partial charge in [0, 0.05) is 64.4 Å². The lowest BCUT2D eigenvalue weighted by molar-refractivity contribution is -0.142. The van der Waals surface area contributed by atoms with Gasteiger partial charge in [0.1, 0.15) is 24.7 Å². The van der Waals surface area contributed by atoms with E-state index in [1.54, 1.807) is 56.3 Å². The molecule has 2 aromatic heterocycles. The second-order valence-electron chi connectivity index (χ2n) is 24.6. The Labute approximate surface area is 462 Å². The highest BCUT2D eigenvalue weighted by molar-refractivity contribution is 6.07. The van der Waals surface area contributed by atoms with E-state index in [0.717, 1.165) is 44.5 Å². The maximum atomic E-state index is 13.4. The molecule has 0 fully saturated rings. The van der Waals surface area contributed by atoms with Crippen LogP contribution in [0.5, 0.6) is 0 Å². The molecule has 4 heterocycles. The molecule has 2 atom stereocenters. The van der Waals surface area contributed by atoms with E-state index in [-0.39, 0.29) is 66.3 Å². The van der Waals surface area contributed by atoms with Gasteiger partial charge in [-0.1, -0.05) is 135 Å². The van der Waals surface area contributed by atoms with Gasteiger partial charge in [-0.05, 0) is 113 Å². The Kier molecular flexibility index (Phi) is 14.8. The summed E-state index contributed by atoms with van der Waals surface area (Å²) >= 11 is 0. The first kappa shape index (κ1) is 55.4. The molecule has 15 heteroatoms. The van der Waals surface area contributed by atoms with E-state index in [1.807, 2.05) is 106 Å². The van der Waals surface area contributed by atoms with Crippen LogP contribution in [0.1, 0.15) is 130 Å². The van der Waals surface area contributed by atoms with Crippen molar-refractivity contribution in [1.82, 2.24) is 19.8 Å². The van der Waals surface area contributed by atoms with Gasteiger partial charge in [0.15, 0.2) is 5.78 Å². The summed E-state index contributed by atoms with van der Waals surface area (Å²) in [5.41, 5.74) is 7.91. The highest BCUT2D eigenvalue weighted by atomic mass is 16.2. The van der Waals surface area contributed by atoms with Crippen LogP contribution in [0.3, 0.4) is 0 Å². The predicted molar refractivity (Wildman–Crippen MR) is 305 cm³/mol. The summed E-state index contributed by atoms with van der Waals surface area (Å²) in [6.45, 7) is 19.3. The molecule has 79 heavy (non-hydrogen) atoms. The van der Waals surface area contributed by atoms with Crippen LogP contribution in [0.4, 0.5) is 23.0 Å². The Morgan fingerprint density at radius 2 is 0.949 bits per heavy atom. The number of pyridine rings is 2. The first-order valence-electron chi connectivity index (χ1n) is 26.9. The predicted octanol–water partition coefficient (Wildman–Crippen LogP) is 9.67. The zero-order chi connectivity index (χ0) is 56.8. The molecule has 2 spiro atoms. The quantitative estimate of drug-likeness (QED) is 0.0912. The second-order valence-corrected chi connectivity index (χ2v) is 24.6. The average molecular weight is 1060 g/mol. The Hall–Kier alpha value is -8.33. The van der Waals surface area contributed by atoms with Crippen LogP contribution in [-0.4, -0.2) is 74.1 Å². The van der Waals surface area contributed by atoms with Gasteiger partial charge in [0.2, 0.25) is 35.4 Å². The van der Waals surface area contributed by atoms with Gasteiger partial charge < -0.3 is 31.1 Å². The average Bonchev–Trinajstić information content (AvgIpc) is 4.34. The molecule has 2 unspecified atom stereocenters. The summed E-state index contributed by atoms with van der Waals surface area (Å²) in [7, 11) is 0. The van der Waals surface area contributed by atoms with Gasteiger partial charge in [-0.15, -0.1) is 0 Å². The van der Waals surface area contributed by atoms with E-state index in [0.29, 0.717) is 66.4 Å². The molecule has 10 rings (SSSR count). The lowest BCUT2D eigenvalue weighted by Gasteiger charge is -2.31. The topological polar surface area (TPSA) is 200 Å². The fourth-order valence-corrected chi connectivity index (χ4v) is 11.6. The van der Waals surface area contributed by atoms with Gasteiger partial charge in [0.05, 0.1) is 10.8 Å². The van der Waals surface area contributed by atoms with E-state index in [1.165, 1.54) is 11.8 Å². The van der Waals surface area contributed by atoms with Gasteiger partial charge in [-0.3, -0.25) is 33.6 Å². The minimum absolute atomic E-state index is 0.0325. The number of rotatable bonds is 11. The minimum Gasteiger partial charge on any atom is -0.329 e. The minimum atomic E-state index is -0.708. The Bertz CT molecular complexity index is 3460. The number of anilines is 4.